The Morgan fingerprint density at radius 1 is 1.07 bits per heavy atom. The number of rotatable bonds is 7. The van der Waals surface area contributed by atoms with Gasteiger partial charge in [0.2, 0.25) is 0 Å². The highest BCUT2D eigenvalue weighted by molar-refractivity contribution is 5.89. The Labute approximate surface area is 163 Å². The summed E-state index contributed by atoms with van der Waals surface area (Å²) < 4.78 is 9.95. The first-order chi connectivity index (χ1) is 12.4. The van der Waals surface area contributed by atoms with Crippen molar-refractivity contribution < 1.29 is 29.3 Å². The maximum absolute atomic E-state index is 12.1. The third-order valence-corrected chi connectivity index (χ3v) is 3.94. The van der Waals surface area contributed by atoms with Gasteiger partial charge in [0.15, 0.2) is 11.5 Å². The number of hydrogen-bond donors (Lipinski definition) is 3. The summed E-state index contributed by atoms with van der Waals surface area (Å²) >= 11 is 0. The van der Waals surface area contributed by atoms with Crippen molar-refractivity contribution in [3.8, 4) is 11.5 Å². The topological polar surface area (TPSA) is 119 Å². The molecule has 0 aliphatic heterocycles. The monoisotopic (exact) mass is 395 g/mol. The molecule has 0 amide bonds. The van der Waals surface area contributed by atoms with Crippen molar-refractivity contribution >= 4 is 24.3 Å². The number of ether oxygens (including phenoxy) is 2. The van der Waals surface area contributed by atoms with E-state index < -0.39 is 17.5 Å². The van der Waals surface area contributed by atoms with Crippen LogP contribution in [0.4, 0.5) is 0 Å². The van der Waals surface area contributed by atoms with E-state index in [1.165, 1.54) is 25.3 Å². The van der Waals surface area contributed by atoms with Gasteiger partial charge in [0.25, 0.3) is 0 Å². The molecule has 0 aromatic heterocycles. The number of phenols is 2. The zero-order valence-corrected chi connectivity index (χ0v) is 15.6. The molecular formula is C19H22ClNO6. The Morgan fingerprint density at radius 3 is 2.33 bits per heavy atom. The van der Waals surface area contributed by atoms with Crippen molar-refractivity contribution in [1.82, 2.24) is 0 Å². The van der Waals surface area contributed by atoms with Gasteiger partial charge in [-0.1, -0.05) is 24.3 Å². The van der Waals surface area contributed by atoms with Crippen LogP contribution in [0.3, 0.4) is 0 Å². The summed E-state index contributed by atoms with van der Waals surface area (Å²) in [6.07, 6.45) is 0.0658. The van der Waals surface area contributed by atoms with Gasteiger partial charge in [0.05, 0.1) is 19.3 Å². The van der Waals surface area contributed by atoms with Gasteiger partial charge >= 0.3 is 11.9 Å². The van der Waals surface area contributed by atoms with Crippen LogP contribution in [-0.2, 0) is 20.7 Å². The summed E-state index contributed by atoms with van der Waals surface area (Å²) in [6.45, 7) is -0.0800. The highest BCUT2D eigenvalue weighted by atomic mass is 35.5. The number of halogens is 1. The Hall–Kier alpha value is -2.77. The molecule has 146 valence electrons. The maximum Gasteiger partial charge on any atom is 0.338 e. The third-order valence-electron chi connectivity index (χ3n) is 3.94. The van der Waals surface area contributed by atoms with Crippen LogP contribution in [0.2, 0.25) is 0 Å². The summed E-state index contributed by atoms with van der Waals surface area (Å²) in [7, 11) is 1.22. The second-order valence-corrected chi connectivity index (χ2v) is 5.90. The molecule has 0 bridgehead atoms. The van der Waals surface area contributed by atoms with E-state index in [1.54, 1.807) is 30.3 Å². The van der Waals surface area contributed by atoms with E-state index in [4.69, 9.17) is 15.2 Å². The number of carbonyl (C=O) groups is 2. The Bertz CT molecular complexity index is 783. The van der Waals surface area contributed by atoms with Crippen LogP contribution in [0.15, 0.2) is 48.5 Å². The Kier molecular flexibility index (Phi) is 8.08. The molecule has 0 heterocycles. The van der Waals surface area contributed by atoms with Gasteiger partial charge in [-0.25, -0.2) is 4.79 Å². The fraction of sp³-hybridized carbons (Fsp3) is 0.263. The summed E-state index contributed by atoms with van der Waals surface area (Å²) in [5.74, 6) is -1.77. The average Bonchev–Trinajstić information content (AvgIpc) is 2.64. The first-order valence-electron chi connectivity index (χ1n) is 7.96. The number of aromatic hydroxyl groups is 2. The van der Waals surface area contributed by atoms with E-state index in [0.717, 1.165) is 0 Å². The standard InChI is InChI=1S/C19H21NO6.ClH/c1-25-18(24)19(20,12-13-7-8-15(21)16(22)11-13)9-10-26-17(23)14-5-3-2-4-6-14;/h2-8,11,21-22H,9-10,12,20H2,1H3;1H/t19-;/m1./s1. The zero-order chi connectivity index (χ0) is 19.2. The molecule has 1 atom stereocenters. The number of esters is 2. The lowest BCUT2D eigenvalue weighted by atomic mass is 9.88. The molecule has 27 heavy (non-hydrogen) atoms. The van der Waals surface area contributed by atoms with Gasteiger partial charge in [0, 0.05) is 12.8 Å². The molecule has 4 N–H and O–H groups in total. The fourth-order valence-electron chi connectivity index (χ4n) is 2.49. The highest BCUT2D eigenvalue weighted by Gasteiger charge is 2.36. The van der Waals surface area contributed by atoms with E-state index >= 15 is 0 Å². The Balaban J connectivity index is 0.00000364. The van der Waals surface area contributed by atoms with Crippen LogP contribution < -0.4 is 5.73 Å². The molecule has 0 unspecified atom stereocenters. The minimum Gasteiger partial charge on any atom is -0.504 e. The maximum atomic E-state index is 12.1. The molecule has 2 aromatic rings. The number of phenolic OH excluding ortho intramolecular Hbond substituents is 2. The number of carbonyl (C=O) groups excluding carboxylic acids is 2. The third kappa shape index (κ3) is 5.87. The highest BCUT2D eigenvalue weighted by Crippen LogP contribution is 2.27. The predicted octanol–water partition coefficient (Wildman–Crippen LogP) is 2.18. The van der Waals surface area contributed by atoms with E-state index in [0.29, 0.717) is 11.1 Å². The number of nitrogens with two attached hydrogens (primary N) is 1. The van der Waals surface area contributed by atoms with Gasteiger partial charge in [-0.05, 0) is 29.8 Å². The van der Waals surface area contributed by atoms with Crippen molar-refractivity contribution in [2.45, 2.75) is 18.4 Å². The lowest BCUT2D eigenvalue weighted by Gasteiger charge is -2.26. The molecule has 0 aliphatic rings. The van der Waals surface area contributed by atoms with Gasteiger partial charge in [0.1, 0.15) is 5.54 Å². The SMILES string of the molecule is COC(=O)[C@@](N)(CCOC(=O)c1ccccc1)Cc1ccc(O)c(O)c1.Cl. The second-order valence-electron chi connectivity index (χ2n) is 5.90. The molecule has 7 nitrogen and oxygen atoms in total. The van der Waals surface area contributed by atoms with E-state index in [1.807, 2.05) is 0 Å². The van der Waals surface area contributed by atoms with Crippen LogP contribution in [-0.4, -0.2) is 41.4 Å². The number of methoxy groups -OCH3 is 1. The first kappa shape index (κ1) is 22.3. The van der Waals surface area contributed by atoms with Gasteiger partial charge in [-0.2, -0.15) is 0 Å². The minimum atomic E-state index is -1.45. The van der Waals surface area contributed by atoms with Crippen LogP contribution in [0, 0.1) is 0 Å². The van der Waals surface area contributed by atoms with Crippen molar-refractivity contribution in [1.29, 1.82) is 0 Å². The predicted molar refractivity (Wildman–Crippen MR) is 101 cm³/mol. The summed E-state index contributed by atoms with van der Waals surface area (Å²) in [4.78, 5) is 24.1. The number of hydrogen-bond acceptors (Lipinski definition) is 7. The lowest BCUT2D eigenvalue weighted by molar-refractivity contribution is -0.147. The van der Waals surface area contributed by atoms with Gasteiger partial charge in [-0.3, -0.25) is 4.79 Å². The zero-order valence-electron chi connectivity index (χ0n) is 14.8. The smallest absolute Gasteiger partial charge is 0.338 e. The molecular weight excluding hydrogens is 374 g/mol. The quantitative estimate of drug-likeness (QED) is 0.485. The molecule has 2 rings (SSSR count). The van der Waals surface area contributed by atoms with Crippen molar-refractivity contribution in [2.75, 3.05) is 13.7 Å². The summed E-state index contributed by atoms with van der Waals surface area (Å²) in [6, 6.07) is 12.6. The van der Waals surface area contributed by atoms with Crippen LogP contribution in [0.1, 0.15) is 22.3 Å². The van der Waals surface area contributed by atoms with Gasteiger partial charge in [-0.15, -0.1) is 12.4 Å². The average molecular weight is 396 g/mol. The van der Waals surface area contributed by atoms with Crippen LogP contribution >= 0.6 is 12.4 Å². The fourth-order valence-corrected chi connectivity index (χ4v) is 2.49. The molecule has 0 aliphatic carbocycles. The van der Waals surface area contributed by atoms with Gasteiger partial charge < -0.3 is 25.4 Å². The van der Waals surface area contributed by atoms with Crippen molar-refractivity contribution in [3.63, 3.8) is 0 Å². The van der Waals surface area contributed by atoms with Crippen LogP contribution in [0.25, 0.3) is 0 Å². The largest absolute Gasteiger partial charge is 0.504 e. The molecule has 8 heteroatoms. The van der Waals surface area contributed by atoms with Crippen molar-refractivity contribution in [2.24, 2.45) is 5.73 Å². The molecule has 0 saturated carbocycles. The first-order valence-corrected chi connectivity index (χ1v) is 7.96. The van der Waals surface area contributed by atoms with E-state index in [2.05, 4.69) is 0 Å². The summed E-state index contributed by atoms with van der Waals surface area (Å²) in [5, 5.41) is 19.0. The van der Waals surface area contributed by atoms with Crippen LogP contribution in [0.5, 0.6) is 11.5 Å². The minimum absolute atomic E-state index is 0. The molecule has 0 radical (unpaired) electrons. The lowest BCUT2D eigenvalue weighted by Crippen LogP contribution is -2.51. The molecule has 0 spiro atoms. The number of benzene rings is 2. The van der Waals surface area contributed by atoms with E-state index in [-0.39, 0.29) is 43.4 Å². The summed E-state index contributed by atoms with van der Waals surface area (Å²) in [5.41, 5.74) is 5.67. The normalized spacial score (nSPS) is 12.4. The molecule has 0 saturated heterocycles. The molecule has 2 aromatic carbocycles. The Morgan fingerprint density at radius 2 is 1.74 bits per heavy atom. The second kappa shape index (κ2) is 9.80. The van der Waals surface area contributed by atoms with E-state index in [9.17, 15) is 19.8 Å². The molecule has 0 fully saturated rings. The van der Waals surface area contributed by atoms with Crippen molar-refractivity contribution in [3.05, 3.63) is 59.7 Å².